The molecular weight excluding hydrogens is 360 g/mol. The molecule has 4 aromatic rings. The zero-order valence-electron chi connectivity index (χ0n) is 16.0. The van der Waals surface area contributed by atoms with Crippen molar-refractivity contribution in [3.05, 3.63) is 96.3 Å². The first-order valence-electron chi connectivity index (χ1n) is 9.70. The molecule has 5 heteroatoms. The molecule has 0 radical (unpaired) electrons. The van der Waals surface area contributed by atoms with Crippen molar-refractivity contribution in [3.8, 4) is 0 Å². The number of hydrogen-bond acceptors (Lipinski definition) is 4. The maximum atomic E-state index is 12.6. The van der Waals surface area contributed by atoms with Crippen LogP contribution in [0.2, 0.25) is 0 Å². The van der Waals surface area contributed by atoms with Crippen molar-refractivity contribution in [2.45, 2.75) is 12.8 Å². The molecule has 0 spiro atoms. The fourth-order valence-corrected chi connectivity index (χ4v) is 3.15. The van der Waals surface area contributed by atoms with Gasteiger partial charge in [0.05, 0.1) is 5.52 Å². The van der Waals surface area contributed by atoms with Crippen molar-refractivity contribution < 1.29 is 4.79 Å². The van der Waals surface area contributed by atoms with Crippen LogP contribution in [0, 0.1) is 0 Å². The minimum atomic E-state index is -0.264. The summed E-state index contributed by atoms with van der Waals surface area (Å²) < 4.78 is 0. The van der Waals surface area contributed by atoms with Crippen LogP contribution in [0.5, 0.6) is 0 Å². The molecule has 0 unspecified atom stereocenters. The van der Waals surface area contributed by atoms with Crippen LogP contribution in [0.1, 0.15) is 22.6 Å². The van der Waals surface area contributed by atoms with Gasteiger partial charge in [-0.1, -0.05) is 60.7 Å². The zero-order chi connectivity index (χ0) is 19.9. The molecule has 4 rings (SSSR count). The maximum Gasteiger partial charge on any atom is 0.289 e. The Morgan fingerprint density at radius 1 is 0.793 bits per heavy atom. The second-order valence-electron chi connectivity index (χ2n) is 6.75. The molecule has 0 atom stereocenters. The summed E-state index contributed by atoms with van der Waals surface area (Å²) in [7, 11) is 0. The highest BCUT2D eigenvalue weighted by atomic mass is 16.2. The Kier molecular flexibility index (Phi) is 5.76. The van der Waals surface area contributed by atoms with E-state index in [0.717, 1.165) is 29.4 Å². The van der Waals surface area contributed by atoms with Gasteiger partial charge >= 0.3 is 0 Å². The molecule has 0 bridgehead atoms. The van der Waals surface area contributed by atoms with Gasteiger partial charge in [-0.25, -0.2) is 9.97 Å². The highest BCUT2D eigenvalue weighted by Crippen LogP contribution is 2.23. The topological polar surface area (TPSA) is 66.9 Å². The number of aromatic nitrogens is 2. The standard InChI is InChI=1S/C24H22N4O/c29-24(25-17-9-12-18-10-3-1-4-11-18)23-27-21-16-8-7-15-20(21)22(28-23)26-19-13-5-2-6-14-19/h1-8,10-11,13-16H,9,12,17H2,(H,25,29)(H,26,27,28). The third kappa shape index (κ3) is 4.76. The van der Waals surface area contributed by atoms with Gasteiger partial charge in [0, 0.05) is 17.6 Å². The molecule has 0 saturated carbocycles. The first-order chi connectivity index (χ1) is 14.3. The zero-order valence-corrected chi connectivity index (χ0v) is 16.0. The van der Waals surface area contributed by atoms with E-state index in [1.165, 1.54) is 5.56 Å². The summed E-state index contributed by atoms with van der Waals surface area (Å²) in [6.07, 6.45) is 1.78. The van der Waals surface area contributed by atoms with Crippen molar-refractivity contribution >= 4 is 28.3 Å². The lowest BCUT2D eigenvalue weighted by atomic mass is 10.1. The molecule has 3 aromatic carbocycles. The van der Waals surface area contributed by atoms with Crippen molar-refractivity contribution in [2.75, 3.05) is 11.9 Å². The quantitative estimate of drug-likeness (QED) is 0.453. The highest BCUT2D eigenvalue weighted by Gasteiger charge is 2.14. The minimum Gasteiger partial charge on any atom is -0.349 e. The number of fused-ring (bicyclic) bond motifs is 1. The summed E-state index contributed by atoms with van der Waals surface area (Å²) in [5.74, 6) is 0.526. The number of para-hydroxylation sites is 2. The first kappa shape index (κ1) is 18.6. The number of anilines is 2. The predicted molar refractivity (Wildman–Crippen MR) is 116 cm³/mol. The van der Waals surface area contributed by atoms with E-state index in [1.54, 1.807) is 0 Å². The van der Waals surface area contributed by atoms with Gasteiger partial charge in [0.25, 0.3) is 5.91 Å². The molecule has 0 aliphatic heterocycles. The number of hydrogen-bond donors (Lipinski definition) is 2. The third-order valence-electron chi connectivity index (χ3n) is 4.61. The fraction of sp³-hybridized carbons (Fsp3) is 0.125. The lowest BCUT2D eigenvalue weighted by Crippen LogP contribution is -2.27. The normalized spacial score (nSPS) is 10.6. The number of nitrogens with zero attached hydrogens (tertiary/aromatic N) is 2. The van der Waals surface area contributed by atoms with E-state index in [-0.39, 0.29) is 11.7 Å². The Hall–Kier alpha value is -3.73. The number of rotatable bonds is 7. The Morgan fingerprint density at radius 2 is 1.48 bits per heavy atom. The number of amides is 1. The summed E-state index contributed by atoms with van der Waals surface area (Å²) in [4.78, 5) is 21.6. The number of benzene rings is 3. The molecule has 0 saturated heterocycles. The Labute approximate surface area is 169 Å². The molecular formula is C24H22N4O. The fourth-order valence-electron chi connectivity index (χ4n) is 3.15. The molecule has 5 nitrogen and oxygen atoms in total. The Bertz CT molecular complexity index is 1100. The van der Waals surface area contributed by atoms with Crippen molar-refractivity contribution in [1.29, 1.82) is 0 Å². The summed E-state index contributed by atoms with van der Waals surface area (Å²) >= 11 is 0. The smallest absolute Gasteiger partial charge is 0.289 e. The second kappa shape index (κ2) is 8.97. The molecule has 1 amide bonds. The van der Waals surface area contributed by atoms with Crippen LogP contribution in [-0.4, -0.2) is 22.4 Å². The Balaban J connectivity index is 1.48. The second-order valence-corrected chi connectivity index (χ2v) is 6.75. The molecule has 0 fully saturated rings. The van der Waals surface area contributed by atoms with Crippen LogP contribution in [0.3, 0.4) is 0 Å². The van der Waals surface area contributed by atoms with E-state index < -0.39 is 0 Å². The molecule has 144 valence electrons. The SMILES string of the molecule is O=C(NCCCc1ccccc1)c1nc(Nc2ccccc2)c2ccccc2n1. The summed E-state index contributed by atoms with van der Waals surface area (Å²) in [6, 6.07) is 27.7. The van der Waals surface area contributed by atoms with Gasteiger partial charge in [-0.2, -0.15) is 0 Å². The monoisotopic (exact) mass is 382 g/mol. The lowest BCUT2D eigenvalue weighted by molar-refractivity contribution is 0.0943. The van der Waals surface area contributed by atoms with E-state index in [1.807, 2.05) is 72.8 Å². The van der Waals surface area contributed by atoms with E-state index >= 15 is 0 Å². The number of nitrogens with one attached hydrogen (secondary N) is 2. The molecule has 1 aromatic heterocycles. The third-order valence-corrected chi connectivity index (χ3v) is 4.61. The van der Waals surface area contributed by atoms with E-state index in [0.29, 0.717) is 12.4 Å². The molecule has 0 aliphatic carbocycles. The Morgan fingerprint density at radius 3 is 2.28 bits per heavy atom. The van der Waals surface area contributed by atoms with Gasteiger partial charge in [-0.15, -0.1) is 0 Å². The highest BCUT2D eigenvalue weighted by molar-refractivity contribution is 5.97. The maximum absolute atomic E-state index is 12.6. The largest absolute Gasteiger partial charge is 0.349 e. The molecule has 29 heavy (non-hydrogen) atoms. The average Bonchev–Trinajstić information content (AvgIpc) is 2.78. The van der Waals surface area contributed by atoms with Gasteiger partial charge in [0.1, 0.15) is 5.82 Å². The lowest BCUT2D eigenvalue weighted by Gasteiger charge is -2.11. The van der Waals surface area contributed by atoms with Crippen LogP contribution >= 0.6 is 0 Å². The summed E-state index contributed by atoms with van der Waals surface area (Å²) in [5.41, 5.74) is 2.90. The van der Waals surface area contributed by atoms with Crippen LogP contribution in [0.4, 0.5) is 11.5 Å². The van der Waals surface area contributed by atoms with Crippen LogP contribution < -0.4 is 10.6 Å². The van der Waals surface area contributed by atoms with Gasteiger partial charge in [0.15, 0.2) is 0 Å². The van der Waals surface area contributed by atoms with Crippen LogP contribution in [0.15, 0.2) is 84.9 Å². The molecule has 0 aliphatic rings. The summed E-state index contributed by atoms with van der Waals surface area (Å²) in [6.45, 7) is 0.575. The minimum absolute atomic E-state index is 0.168. The van der Waals surface area contributed by atoms with Crippen molar-refractivity contribution in [2.24, 2.45) is 0 Å². The van der Waals surface area contributed by atoms with Crippen LogP contribution in [0.25, 0.3) is 10.9 Å². The van der Waals surface area contributed by atoms with E-state index in [9.17, 15) is 4.79 Å². The first-order valence-corrected chi connectivity index (χ1v) is 9.70. The van der Waals surface area contributed by atoms with Crippen molar-refractivity contribution in [1.82, 2.24) is 15.3 Å². The summed E-state index contributed by atoms with van der Waals surface area (Å²) in [5, 5.41) is 7.11. The number of aryl methyl sites for hydroxylation is 1. The van der Waals surface area contributed by atoms with Gasteiger partial charge < -0.3 is 10.6 Å². The number of carbonyl (C=O) groups is 1. The molecule has 1 heterocycles. The average molecular weight is 382 g/mol. The van der Waals surface area contributed by atoms with Gasteiger partial charge in [0.2, 0.25) is 5.82 Å². The predicted octanol–water partition coefficient (Wildman–Crippen LogP) is 4.74. The van der Waals surface area contributed by atoms with E-state index in [4.69, 9.17) is 0 Å². The van der Waals surface area contributed by atoms with Crippen LogP contribution in [-0.2, 0) is 6.42 Å². The number of carbonyl (C=O) groups excluding carboxylic acids is 1. The molecule has 2 N–H and O–H groups in total. The van der Waals surface area contributed by atoms with Crippen molar-refractivity contribution in [3.63, 3.8) is 0 Å². The van der Waals surface area contributed by atoms with Gasteiger partial charge in [-0.3, -0.25) is 4.79 Å². The van der Waals surface area contributed by atoms with E-state index in [2.05, 4.69) is 32.7 Å². The van der Waals surface area contributed by atoms with Gasteiger partial charge in [-0.05, 0) is 42.7 Å².